The zero-order valence-electron chi connectivity index (χ0n) is 40.0. The van der Waals surface area contributed by atoms with Crippen LogP contribution in [-0.4, -0.2) is 74.9 Å². The predicted octanol–water partition coefficient (Wildman–Crippen LogP) is 14.7. The molecule has 1 N–H and O–H groups in total. The number of likely N-dealkylation sites (N-methyl/N-ethyl adjacent to an activating group) is 1. The van der Waals surface area contributed by atoms with Crippen molar-refractivity contribution < 1.29 is 42.1 Å². The summed E-state index contributed by atoms with van der Waals surface area (Å²) >= 11 is 0. The van der Waals surface area contributed by atoms with Crippen molar-refractivity contribution in [2.45, 2.75) is 238 Å². The summed E-state index contributed by atoms with van der Waals surface area (Å²) in [6, 6.07) is 0. The second-order valence-electron chi connectivity index (χ2n) is 18.2. The third-order valence-electron chi connectivity index (χ3n) is 11.0. The Hall–Kier alpha value is -1.51. The number of hydrogen-bond donors (Lipinski definition) is 1. The summed E-state index contributed by atoms with van der Waals surface area (Å²) in [4.78, 5) is 35.5. The van der Waals surface area contributed by atoms with E-state index in [9.17, 15) is 19.0 Å². The van der Waals surface area contributed by atoms with Gasteiger partial charge in [-0.3, -0.25) is 18.6 Å². The first-order valence-corrected chi connectivity index (χ1v) is 26.6. The molecule has 0 bridgehead atoms. The third-order valence-corrected chi connectivity index (χ3v) is 11.9. The lowest BCUT2D eigenvalue weighted by Gasteiger charge is -2.24. The monoisotopic (exact) mass is 871 g/mol. The first-order chi connectivity index (χ1) is 29.0. The zero-order valence-corrected chi connectivity index (χ0v) is 40.9. The van der Waals surface area contributed by atoms with Crippen molar-refractivity contribution in [2.75, 3.05) is 47.5 Å². The van der Waals surface area contributed by atoms with E-state index >= 15 is 0 Å². The number of unbranched alkanes of at least 4 members (excludes halogenated alkanes) is 28. The lowest BCUT2D eigenvalue weighted by Crippen LogP contribution is -2.37. The van der Waals surface area contributed by atoms with Crippen LogP contribution in [-0.2, 0) is 32.7 Å². The van der Waals surface area contributed by atoms with Crippen LogP contribution in [0.2, 0.25) is 0 Å². The Morgan fingerprint density at radius 3 is 1.25 bits per heavy atom. The number of carbonyl (C=O) groups excluding carboxylic acids is 2. The molecule has 0 aliphatic carbocycles. The van der Waals surface area contributed by atoms with Gasteiger partial charge in [-0.05, 0) is 64.2 Å². The summed E-state index contributed by atoms with van der Waals surface area (Å²) < 4.78 is 34.4. The Bertz CT molecular complexity index is 1070. The predicted molar refractivity (Wildman–Crippen MR) is 252 cm³/mol. The molecule has 2 atom stereocenters. The first-order valence-electron chi connectivity index (χ1n) is 25.1. The van der Waals surface area contributed by atoms with Crippen LogP contribution >= 0.6 is 7.82 Å². The molecule has 0 rings (SSSR count). The molecule has 0 aromatic heterocycles. The van der Waals surface area contributed by atoms with Crippen LogP contribution in [0.5, 0.6) is 0 Å². The molecule has 0 saturated carbocycles. The van der Waals surface area contributed by atoms with E-state index in [1.807, 2.05) is 21.1 Å². The standard InChI is InChI=1S/C50H96NO8P/c1-6-8-10-12-14-16-18-20-22-23-24-25-26-27-29-31-33-35-37-39-41-43-50(53)59-48(47-58-60(54,55)57-45-44-51(3,4)5)46-56-49(52)42-40-38-36-34-32-30-28-21-19-17-15-13-11-9-7-2/h20,22,30,32,48H,6-19,21,23-29,31,33-47H2,1-5H3/p+1/b22-20+,32-30+/t48-/m1/s1. The molecule has 0 amide bonds. The maximum atomic E-state index is 12.7. The SMILES string of the molecule is CCCCCCCC/C=C/CCCCCCCCCCCCCC(=O)O[C@H](COC(=O)CCCCC/C=C/CCCCCCCCCC)COP(=O)(O)OCC[N+](C)(C)C. The number of hydrogen-bond acceptors (Lipinski definition) is 7. The topological polar surface area (TPSA) is 108 Å². The van der Waals surface area contributed by atoms with E-state index in [4.69, 9.17) is 18.5 Å². The normalized spacial score (nSPS) is 13.6. The molecule has 0 heterocycles. The molecule has 60 heavy (non-hydrogen) atoms. The second-order valence-corrected chi connectivity index (χ2v) is 19.6. The minimum atomic E-state index is -4.38. The van der Waals surface area contributed by atoms with Crippen LogP contribution in [0.15, 0.2) is 24.3 Å². The van der Waals surface area contributed by atoms with Gasteiger partial charge in [-0.15, -0.1) is 0 Å². The molecule has 0 saturated heterocycles. The summed E-state index contributed by atoms with van der Waals surface area (Å²) in [6.07, 6.45) is 48.0. The number of quaternary nitrogens is 1. The van der Waals surface area contributed by atoms with Crippen molar-refractivity contribution in [3.63, 3.8) is 0 Å². The molecule has 9 nitrogen and oxygen atoms in total. The number of allylic oxidation sites excluding steroid dienone is 4. The summed E-state index contributed by atoms with van der Waals surface area (Å²) in [5.74, 6) is -0.809. The Balaban J connectivity index is 4.25. The number of phosphoric acid groups is 1. The van der Waals surface area contributed by atoms with Crippen molar-refractivity contribution in [1.82, 2.24) is 0 Å². The van der Waals surface area contributed by atoms with E-state index in [2.05, 4.69) is 38.2 Å². The van der Waals surface area contributed by atoms with Crippen LogP contribution in [0.25, 0.3) is 0 Å². The lowest BCUT2D eigenvalue weighted by molar-refractivity contribution is -0.870. The van der Waals surface area contributed by atoms with Crippen molar-refractivity contribution >= 4 is 19.8 Å². The molecule has 0 aliphatic rings. The molecule has 0 spiro atoms. The number of phosphoric ester groups is 1. The minimum absolute atomic E-state index is 0.0310. The van der Waals surface area contributed by atoms with E-state index in [-0.39, 0.29) is 32.0 Å². The lowest BCUT2D eigenvalue weighted by atomic mass is 10.0. The van der Waals surface area contributed by atoms with Gasteiger partial charge in [0.25, 0.3) is 0 Å². The molecular formula is C50H97NO8P+. The van der Waals surface area contributed by atoms with Gasteiger partial charge in [-0.1, -0.05) is 179 Å². The van der Waals surface area contributed by atoms with Crippen LogP contribution in [0.4, 0.5) is 0 Å². The van der Waals surface area contributed by atoms with Gasteiger partial charge in [0.05, 0.1) is 27.7 Å². The number of esters is 2. The smallest absolute Gasteiger partial charge is 0.462 e. The Labute approximate surface area is 370 Å². The van der Waals surface area contributed by atoms with E-state index in [1.54, 1.807) is 0 Å². The number of rotatable bonds is 46. The number of ether oxygens (including phenoxy) is 2. The maximum Gasteiger partial charge on any atom is 0.472 e. The van der Waals surface area contributed by atoms with E-state index < -0.39 is 26.5 Å². The van der Waals surface area contributed by atoms with Crippen molar-refractivity contribution in [1.29, 1.82) is 0 Å². The minimum Gasteiger partial charge on any atom is -0.462 e. The van der Waals surface area contributed by atoms with Gasteiger partial charge < -0.3 is 18.9 Å². The van der Waals surface area contributed by atoms with Gasteiger partial charge >= 0.3 is 19.8 Å². The fraction of sp³-hybridized carbons (Fsp3) is 0.880. The quantitative estimate of drug-likeness (QED) is 0.0212. The van der Waals surface area contributed by atoms with Crippen LogP contribution in [0.1, 0.15) is 232 Å². The molecule has 10 heteroatoms. The van der Waals surface area contributed by atoms with Crippen molar-refractivity contribution in [3.05, 3.63) is 24.3 Å². The van der Waals surface area contributed by atoms with Gasteiger partial charge in [0.1, 0.15) is 19.8 Å². The van der Waals surface area contributed by atoms with Gasteiger partial charge in [0.15, 0.2) is 6.10 Å². The highest BCUT2D eigenvalue weighted by Crippen LogP contribution is 2.43. The summed E-state index contributed by atoms with van der Waals surface area (Å²) in [7, 11) is 1.48. The number of nitrogens with zero attached hydrogens (tertiary/aromatic N) is 1. The summed E-state index contributed by atoms with van der Waals surface area (Å²) in [6.45, 7) is 4.43. The summed E-state index contributed by atoms with van der Waals surface area (Å²) in [5, 5.41) is 0. The zero-order chi connectivity index (χ0) is 44.3. The Morgan fingerprint density at radius 2 is 0.850 bits per heavy atom. The van der Waals surface area contributed by atoms with Gasteiger partial charge in [0.2, 0.25) is 0 Å². The third kappa shape index (κ3) is 46.0. The van der Waals surface area contributed by atoms with Crippen LogP contribution < -0.4 is 0 Å². The van der Waals surface area contributed by atoms with E-state index in [0.717, 1.165) is 44.9 Å². The van der Waals surface area contributed by atoms with Crippen LogP contribution in [0, 0.1) is 0 Å². The van der Waals surface area contributed by atoms with Crippen molar-refractivity contribution in [2.24, 2.45) is 0 Å². The molecule has 354 valence electrons. The Kier molecular flexibility index (Phi) is 41.7. The maximum absolute atomic E-state index is 12.7. The van der Waals surface area contributed by atoms with Gasteiger partial charge in [-0.2, -0.15) is 0 Å². The molecule has 0 fully saturated rings. The molecule has 1 unspecified atom stereocenters. The highest BCUT2D eigenvalue weighted by molar-refractivity contribution is 7.47. The second kappa shape index (κ2) is 42.8. The molecule has 0 aromatic carbocycles. The van der Waals surface area contributed by atoms with E-state index in [0.29, 0.717) is 17.4 Å². The van der Waals surface area contributed by atoms with Crippen LogP contribution in [0.3, 0.4) is 0 Å². The fourth-order valence-electron chi connectivity index (χ4n) is 7.00. The highest BCUT2D eigenvalue weighted by atomic mass is 31.2. The number of carbonyl (C=O) groups is 2. The van der Waals surface area contributed by atoms with E-state index in [1.165, 1.54) is 154 Å². The summed E-state index contributed by atoms with van der Waals surface area (Å²) in [5.41, 5.74) is 0. The molecular weight excluding hydrogens is 774 g/mol. The average Bonchev–Trinajstić information content (AvgIpc) is 3.20. The Morgan fingerprint density at radius 1 is 0.500 bits per heavy atom. The fourth-order valence-corrected chi connectivity index (χ4v) is 7.75. The van der Waals surface area contributed by atoms with Crippen molar-refractivity contribution in [3.8, 4) is 0 Å². The van der Waals surface area contributed by atoms with Gasteiger partial charge in [0, 0.05) is 12.8 Å². The molecule has 0 aliphatic heterocycles. The molecule has 0 aromatic rings. The highest BCUT2D eigenvalue weighted by Gasteiger charge is 2.27. The average molecular weight is 871 g/mol. The van der Waals surface area contributed by atoms with Gasteiger partial charge in [-0.25, -0.2) is 4.57 Å². The molecule has 0 radical (unpaired) electrons. The first kappa shape index (κ1) is 58.5. The largest absolute Gasteiger partial charge is 0.472 e.